The van der Waals surface area contributed by atoms with E-state index in [4.69, 9.17) is 0 Å². The average molecular weight is 324 g/mol. The number of carbonyl (C=O) groups is 1. The van der Waals surface area contributed by atoms with Crippen LogP contribution in [0.3, 0.4) is 0 Å². The van der Waals surface area contributed by atoms with Gasteiger partial charge in [0.25, 0.3) is 0 Å². The lowest BCUT2D eigenvalue weighted by Gasteiger charge is -2.18. The molecule has 0 saturated carbocycles. The van der Waals surface area contributed by atoms with Gasteiger partial charge in [-0.15, -0.1) is 0 Å². The van der Waals surface area contributed by atoms with E-state index < -0.39 is 10.0 Å². The minimum absolute atomic E-state index is 0.0251. The molecule has 6 heteroatoms. The van der Waals surface area contributed by atoms with Crippen molar-refractivity contribution in [3.05, 3.63) is 35.9 Å². The van der Waals surface area contributed by atoms with Crippen molar-refractivity contribution in [3.8, 4) is 0 Å². The van der Waals surface area contributed by atoms with E-state index in [1.807, 2.05) is 6.92 Å². The van der Waals surface area contributed by atoms with Gasteiger partial charge < -0.3 is 4.90 Å². The molecule has 0 aliphatic heterocycles. The Bertz CT molecular complexity index is 607. The van der Waals surface area contributed by atoms with Gasteiger partial charge in [0.1, 0.15) is 0 Å². The molecule has 0 radical (unpaired) electrons. The third-order valence-corrected chi connectivity index (χ3v) is 4.78. The largest absolute Gasteiger partial charge is 0.339 e. The van der Waals surface area contributed by atoms with Crippen molar-refractivity contribution in [1.82, 2.24) is 9.62 Å². The zero-order valence-corrected chi connectivity index (χ0v) is 14.2. The van der Waals surface area contributed by atoms with Crippen LogP contribution in [0.1, 0.15) is 32.3 Å². The normalized spacial score (nSPS) is 11.8. The van der Waals surface area contributed by atoms with Crippen LogP contribution in [0.15, 0.2) is 35.2 Å². The van der Waals surface area contributed by atoms with Crippen molar-refractivity contribution in [2.75, 3.05) is 20.1 Å². The number of unbranched alkanes of at least 4 members (excludes halogenated alkanes) is 1. The van der Waals surface area contributed by atoms with Crippen LogP contribution in [-0.2, 0) is 14.8 Å². The Balaban J connectivity index is 2.76. The third-order valence-electron chi connectivity index (χ3n) is 3.35. The van der Waals surface area contributed by atoms with Crippen LogP contribution in [0.2, 0.25) is 0 Å². The van der Waals surface area contributed by atoms with Gasteiger partial charge in [-0.25, -0.2) is 13.1 Å². The zero-order valence-electron chi connectivity index (χ0n) is 13.4. The number of likely N-dealkylation sites (N-methyl/N-ethyl adjacent to an activating group) is 1. The molecule has 1 N–H and O–H groups in total. The third kappa shape index (κ3) is 5.27. The quantitative estimate of drug-likeness (QED) is 0.746. The van der Waals surface area contributed by atoms with Gasteiger partial charge in [-0.2, -0.15) is 0 Å². The molecule has 122 valence electrons. The Morgan fingerprint density at radius 1 is 1.23 bits per heavy atom. The SMILES string of the molecule is CCCCN(CC)C(=O)/C=C/c1ccc(S(=O)(=O)NC)cc1. The fourth-order valence-corrected chi connectivity index (χ4v) is 2.65. The first kappa shape index (κ1) is 18.4. The topological polar surface area (TPSA) is 66.5 Å². The Kier molecular flexibility index (Phi) is 7.27. The fraction of sp³-hybridized carbons (Fsp3) is 0.438. The Morgan fingerprint density at radius 3 is 2.36 bits per heavy atom. The number of nitrogens with zero attached hydrogens (tertiary/aromatic N) is 1. The highest BCUT2D eigenvalue weighted by molar-refractivity contribution is 7.89. The first-order chi connectivity index (χ1) is 10.4. The summed E-state index contributed by atoms with van der Waals surface area (Å²) in [6.45, 7) is 5.49. The second-order valence-corrected chi connectivity index (χ2v) is 6.77. The molecule has 0 aliphatic rings. The molecule has 0 aromatic heterocycles. The first-order valence-electron chi connectivity index (χ1n) is 7.45. The summed E-state index contributed by atoms with van der Waals surface area (Å²) in [5.41, 5.74) is 0.787. The standard InChI is InChI=1S/C16H24N2O3S/c1-4-6-13-18(5-2)16(19)12-9-14-7-10-15(11-8-14)22(20,21)17-3/h7-12,17H,4-6,13H2,1-3H3/b12-9+. The monoisotopic (exact) mass is 324 g/mol. The van der Waals surface area contributed by atoms with Crippen molar-refractivity contribution in [1.29, 1.82) is 0 Å². The van der Waals surface area contributed by atoms with Crippen molar-refractivity contribution in [3.63, 3.8) is 0 Å². The molecule has 1 aromatic rings. The maximum Gasteiger partial charge on any atom is 0.246 e. The van der Waals surface area contributed by atoms with Gasteiger partial charge >= 0.3 is 0 Å². The molecule has 0 aliphatic carbocycles. The molecule has 5 nitrogen and oxygen atoms in total. The highest BCUT2D eigenvalue weighted by Gasteiger charge is 2.10. The summed E-state index contributed by atoms with van der Waals surface area (Å²) < 4.78 is 25.5. The molecule has 22 heavy (non-hydrogen) atoms. The molecule has 1 amide bonds. The van der Waals surface area contributed by atoms with E-state index in [-0.39, 0.29) is 10.8 Å². The molecule has 0 atom stereocenters. The van der Waals surface area contributed by atoms with Crippen LogP contribution in [0, 0.1) is 0 Å². The highest BCUT2D eigenvalue weighted by atomic mass is 32.2. The van der Waals surface area contributed by atoms with Crippen molar-refractivity contribution in [2.24, 2.45) is 0 Å². The summed E-state index contributed by atoms with van der Waals surface area (Å²) in [7, 11) is -2.05. The average Bonchev–Trinajstić information content (AvgIpc) is 2.54. The predicted molar refractivity (Wildman–Crippen MR) is 88.9 cm³/mol. The van der Waals surface area contributed by atoms with Gasteiger partial charge in [-0.1, -0.05) is 25.5 Å². The fourth-order valence-electron chi connectivity index (χ4n) is 1.92. The molecule has 0 saturated heterocycles. The lowest BCUT2D eigenvalue weighted by Crippen LogP contribution is -2.30. The van der Waals surface area contributed by atoms with E-state index in [9.17, 15) is 13.2 Å². The number of amides is 1. The van der Waals surface area contributed by atoms with Crippen LogP contribution in [0.25, 0.3) is 6.08 Å². The molecule has 0 heterocycles. The Hall–Kier alpha value is -1.66. The second kappa shape index (κ2) is 8.70. The van der Waals surface area contributed by atoms with E-state index >= 15 is 0 Å². The Morgan fingerprint density at radius 2 is 1.86 bits per heavy atom. The summed E-state index contributed by atoms with van der Waals surface area (Å²) in [6, 6.07) is 6.39. The highest BCUT2D eigenvalue weighted by Crippen LogP contribution is 2.11. The van der Waals surface area contributed by atoms with Gasteiger partial charge in [0.05, 0.1) is 4.90 Å². The number of rotatable bonds is 8. The number of benzene rings is 1. The van der Waals surface area contributed by atoms with E-state index in [0.717, 1.165) is 24.9 Å². The predicted octanol–water partition coefficient (Wildman–Crippen LogP) is 2.26. The number of sulfonamides is 1. The van der Waals surface area contributed by atoms with E-state index in [0.29, 0.717) is 6.54 Å². The maximum atomic E-state index is 12.1. The number of hydrogen-bond acceptors (Lipinski definition) is 3. The minimum atomic E-state index is -3.42. The maximum absolute atomic E-state index is 12.1. The summed E-state index contributed by atoms with van der Waals surface area (Å²) in [4.78, 5) is 14.1. The summed E-state index contributed by atoms with van der Waals surface area (Å²) in [5.74, 6) is -0.0251. The molecule has 0 fully saturated rings. The van der Waals surface area contributed by atoms with E-state index in [1.165, 1.54) is 25.3 Å². The molecule has 0 unspecified atom stereocenters. The second-order valence-electron chi connectivity index (χ2n) is 4.88. The van der Waals surface area contributed by atoms with Crippen LogP contribution < -0.4 is 4.72 Å². The molecular weight excluding hydrogens is 300 g/mol. The lowest BCUT2D eigenvalue weighted by molar-refractivity contribution is -0.125. The van der Waals surface area contributed by atoms with E-state index in [1.54, 1.807) is 23.1 Å². The molecular formula is C16H24N2O3S. The smallest absolute Gasteiger partial charge is 0.246 e. The van der Waals surface area contributed by atoms with Gasteiger partial charge in [0.15, 0.2) is 0 Å². The van der Waals surface area contributed by atoms with Crippen LogP contribution in [0.5, 0.6) is 0 Å². The van der Waals surface area contributed by atoms with Gasteiger partial charge in [0.2, 0.25) is 15.9 Å². The molecule has 1 rings (SSSR count). The van der Waals surface area contributed by atoms with Crippen LogP contribution in [0.4, 0.5) is 0 Å². The van der Waals surface area contributed by atoms with Gasteiger partial charge in [-0.3, -0.25) is 4.79 Å². The van der Waals surface area contributed by atoms with Crippen LogP contribution >= 0.6 is 0 Å². The zero-order chi connectivity index (χ0) is 16.6. The minimum Gasteiger partial charge on any atom is -0.339 e. The molecule has 0 spiro atoms. The summed E-state index contributed by atoms with van der Waals surface area (Å²) in [5, 5.41) is 0. The number of nitrogens with one attached hydrogen (secondary N) is 1. The van der Waals surface area contributed by atoms with Gasteiger partial charge in [-0.05, 0) is 44.2 Å². The molecule has 1 aromatic carbocycles. The Labute approximate surface area is 133 Å². The molecule has 0 bridgehead atoms. The van der Waals surface area contributed by atoms with Crippen molar-refractivity contribution >= 4 is 22.0 Å². The van der Waals surface area contributed by atoms with Gasteiger partial charge in [0, 0.05) is 19.2 Å². The number of carbonyl (C=O) groups excluding carboxylic acids is 1. The van der Waals surface area contributed by atoms with Crippen molar-refractivity contribution in [2.45, 2.75) is 31.6 Å². The van der Waals surface area contributed by atoms with E-state index in [2.05, 4.69) is 11.6 Å². The summed E-state index contributed by atoms with van der Waals surface area (Å²) in [6.07, 6.45) is 5.27. The van der Waals surface area contributed by atoms with Crippen molar-refractivity contribution < 1.29 is 13.2 Å². The number of hydrogen-bond donors (Lipinski definition) is 1. The summed E-state index contributed by atoms with van der Waals surface area (Å²) >= 11 is 0. The first-order valence-corrected chi connectivity index (χ1v) is 8.93. The van der Waals surface area contributed by atoms with Crippen LogP contribution in [-0.4, -0.2) is 39.4 Å². The lowest BCUT2D eigenvalue weighted by atomic mass is 10.2.